The van der Waals surface area contributed by atoms with Crippen LogP contribution in [0.25, 0.3) is 0 Å². The lowest BCUT2D eigenvalue weighted by Crippen LogP contribution is -2.57. The summed E-state index contributed by atoms with van der Waals surface area (Å²) in [4.78, 5) is 34.6. The van der Waals surface area contributed by atoms with Crippen LogP contribution in [-0.2, 0) is 14.3 Å². The number of rotatable bonds is 3. The number of carbonyl (C=O) groups excluding carboxylic acids is 2. The molecule has 0 saturated carbocycles. The molecule has 1 aliphatic heterocycles. The number of amides is 2. The Kier molecular flexibility index (Phi) is 4.10. The Morgan fingerprint density at radius 3 is 2.88 bits per heavy atom. The van der Waals surface area contributed by atoms with Gasteiger partial charge >= 0.3 is 12.1 Å². The molecule has 0 bridgehead atoms. The molecule has 1 atom stereocenters. The molecule has 0 aliphatic carbocycles. The van der Waals surface area contributed by atoms with Gasteiger partial charge in [0.05, 0.1) is 13.0 Å². The molecule has 0 radical (unpaired) electrons. The van der Waals surface area contributed by atoms with Gasteiger partial charge in [0.2, 0.25) is 5.91 Å². The number of carbonyl (C=O) groups is 3. The maximum Gasteiger partial charge on any atom is 0.410 e. The van der Waals surface area contributed by atoms with Gasteiger partial charge in [-0.1, -0.05) is 0 Å². The van der Waals surface area contributed by atoms with Gasteiger partial charge in [0, 0.05) is 13.1 Å². The molecule has 16 heavy (non-hydrogen) atoms. The Balaban J connectivity index is 2.73. The lowest BCUT2D eigenvalue weighted by Gasteiger charge is -2.33. The SMILES string of the molecule is CCOC(=O)N1CCNC(=O)C1CC(=O)O. The zero-order valence-electron chi connectivity index (χ0n) is 8.93. The van der Waals surface area contributed by atoms with Gasteiger partial charge < -0.3 is 15.2 Å². The largest absolute Gasteiger partial charge is 0.481 e. The molecule has 1 fully saturated rings. The van der Waals surface area contributed by atoms with Crippen LogP contribution in [0.1, 0.15) is 13.3 Å². The summed E-state index contributed by atoms with van der Waals surface area (Å²) in [5, 5.41) is 11.2. The van der Waals surface area contributed by atoms with Crippen LogP contribution in [0.2, 0.25) is 0 Å². The monoisotopic (exact) mass is 230 g/mol. The topological polar surface area (TPSA) is 95.9 Å². The third-order valence-electron chi connectivity index (χ3n) is 2.20. The molecule has 7 nitrogen and oxygen atoms in total. The van der Waals surface area contributed by atoms with Crippen LogP contribution in [0.15, 0.2) is 0 Å². The predicted molar refractivity (Wildman–Crippen MR) is 52.8 cm³/mol. The Morgan fingerprint density at radius 1 is 1.62 bits per heavy atom. The van der Waals surface area contributed by atoms with Crippen molar-refractivity contribution in [3.05, 3.63) is 0 Å². The van der Waals surface area contributed by atoms with E-state index in [2.05, 4.69) is 5.32 Å². The van der Waals surface area contributed by atoms with E-state index in [0.717, 1.165) is 4.90 Å². The van der Waals surface area contributed by atoms with Crippen molar-refractivity contribution in [2.45, 2.75) is 19.4 Å². The second kappa shape index (κ2) is 5.34. The highest BCUT2D eigenvalue weighted by molar-refractivity contribution is 5.90. The average Bonchev–Trinajstić information content (AvgIpc) is 2.20. The van der Waals surface area contributed by atoms with E-state index in [0.29, 0.717) is 6.54 Å². The fraction of sp³-hybridized carbons (Fsp3) is 0.667. The van der Waals surface area contributed by atoms with Gasteiger partial charge in [0.15, 0.2) is 0 Å². The Bertz CT molecular complexity index is 304. The second-order valence-electron chi connectivity index (χ2n) is 3.30. The smallest absolute Gasteiger partial charge is 0.410 e. The van der Waals surface area contributed by atoms with Gasteiger partial charge in [-0.15, -0.1) is 0 Å². The molecule has 1 rings (SSSR count). The van der Waals surface area contributed by atoms with Crippen molar-refractivity contribution in [2.24, 2.45) is 0 Å². The van der Waals surface area contributed by atoms with E-state index < -0.39 is 30.4 Å². The van der Waals surface area contributed by atoms with Crippen LogP contribution >= 0.6 is 0 Å². The fourth-order valence-electron chi connectivity index (χ4n) is 1.51. The molecule has 1 heterocycles. The van der Waals surface area contributed by atoms with Crippen LogP contribution in [0.3, 0.4) is 0 Å². The summed E-state index contributed by atoms with van der Waals surface area (Å²) in [6, 6.07) is -0.981. The highest BCUT2D eigenvalue weighted by atomic mass is 16.6. The van der Waals surface area contributed by atoms with Gasteiger partial charge in [-0.05, 0) is 6.92 Å². The molecule has 1 aliphatic rings. The van der Waals surface area contributed by atoms with Gasteiger partial charge in [-0.25, -0.2) is 4.79 Å². The number of carboxylic acids is 1. The van der Waals surface area contributed by atoms with Crippen LogP contribution < -0.4 is 5.32 Å². The lowest BCUT2D eigenvalue weighted by atomic mass is 10.1. The third kappa shape index (κ3) is 2.85. The molecule has 90 valence electrons. The maximum atomic E-state index is 11.5. The minimum Gasteiger partial charge on any atom is -0.481 e. The highest BCUT2D eigenvalue weighted by Crippen LogP contribution is 2.10. The summed E-state index contributed by atoms with van der Waals surface area (Å²) in [6.07, 6.45) is -1.06. The van der Waals surface area contributed by atoms with Crippen molar-refractivity contribution in [1.82, 2.24) is 10.2 Å². The van der Waals surface area contributed by atoms with Gasteiger partial charge in [-0.2, -0.15) is 0 Å². The molecule has 0 aromatic heterocycles. The number of nitrogens with zero attached hydrogens (tertiary/aromatic N) is 1. The summed E-state index contributed by atoms with van der Waals surface area (Å²) < 4.78 is 4.76. The maximum absolute atomic E-state index is 11.5. The summed E-state index contributed by atoms with van der Waals surface area (Å²) in [6.45, 7) is 2.42. The van der Waals surface area contributed by atoms with E-state index in [9.17, 15) is 14.4 Å². The quantitative estimate of drug-likeness (QED) is 0.676. The minimum atomic E-state index is -1.13. The van der Waals surface area contributed by atoms with Crippen LogP contribution in [0, 0.1) is 0 Å². The molecular formula is C9H14N2O5. The van der Waals surface area contributed by atoms with E-state index >= 15 is 0 Å². The number of hydrogen-bond donors (Lipinski definition) is 2. The van der Waals surface area contributed by atoms with Crippen molar-refractivity contribution < 1.29 is 24.2 Å². The second-order valence-corrected chi connectivity index (χ2v) is 3.30. The number of aliphatic carboxylic acids is 1. The molecular weight excluding hydrogens is 216 g/mol. The van der Waals surface area contributed by atoms with Crippen LogP contribution in [-0.4, -0.2) is 53.7 Å². The Hall–Kier alpha value is -1.79. The Morgan fingerprint density at radius 2 is 2.31 bits per heavy atom. The first-order chi connectivity index (χ1) is 7.56. The van der Waals surface area contributed by atoms with Crippen LogP contribution in [0.4, 0.5) is 4.79 Å². The molecule has 0 aromatic rings. The summed E-state index contributed by atoms with van der Waals surface area (Å²) in [5.41, 5.74) is 0. The number of carboxylic acid groups (broad SMARTS) is 1. The number of ether oxygens (including phenoxy) is 1. The molecule has 0 aromatic carbocycles. The molecule has 2 N–H and O–H groups in total. The zero-order chi connectivity index (χ0) is 12.1. The van der Waals surface area contributed by atoms with E-state index in [-0.39, 0.29) is 13.2 Å². The van der Waals surface area contributed by atoms with Gasteiger partial charge in [0.1, 0.15) is 6.04 Å². The third-order valence-corrected chi connectivity index (χ3v) is 2.20. The lowest BCUT2D eigenvalue weighted by molar-refractivity contribution is -0.142. The minimum absolute atomic E-state index is 0.191. The first-order valence-electron chi connectivity index (χ1n) is 4.99. The van der Waals surface area contributed by atoms with Crippen LogP contribution in [0.5, 0.6) is 0 Å². The summed E-state index contributed by atoms with van der Waals surface area (Å²) in [5.74, 6) is -1.59. The standard InChI is InChI=1S/C9H14N2O5/c1-2-16-9(15)11-4-3-10-8(14)6(11)5-7(12)13/h6H,2-5H2,1H3,(H,10,14)(H,12,13). The van der Waals surface area contributed by atoms with E-state index in [1.807, 2.05) is 0 Å². The number of piperazine rings is 1. The van der Waals surface area contributed by atoms with Crippen molar-refractivity contribution in [3.8, 4) is 0 Å². The highest BCUT2D eigenvalue weighted by Gasteiger charge is 2.35. The molecule has 2 amide bonds. The zero-order valence-corrected chi connectivity index (χ0v) is 8.93. The molecule has 1 saturated heterocycles. The average molecular weight is 230 g/mol. The van der Waals surface area contributed by atoms with Crippen molar-refractivity contribution in [1.29, 1.82) is 0 Å². The van der Waals surface area contributed by atoms with E-state index in [1.54, 1.807) is 6.92 Å². The first kappa shape index (κ1) is 12.3. The summed E-state index contributed by atoms with van der Waals surface area (Å²) >= 11 is 0. The van der Waals surface area contributed by atoms with E-state index in [1.165, 1.54) is 0 Å². The Labute approximate surface area is 92.4 Å². The van der Waals surface area contributed by atoms with Gasteiger partial charge in [-0.3, -0.25) is 14.5 Å². The van der Waals surface area contributed by atoms with E-state index in [4.69, 9.17) is 9.84 Å². The summed E-state index contributed by atoms with van der Waals surface area (Å²) in [7, 11) is 0. The van der Waals surface area contributed by atoms with Gasteiger partial charge in [0.25, 0.3) is 0 Å². The van der Waals surface area contributed by atoms with Crippen molar-refractivity contribution in [3.63, 3.8) is 0 Å². The van der Waals surface area contributed by atoms with Crippen molar-refractivity contribution >= 4 is 18.0 Å². The first-order valence-corrected chi connectivity index (χ1v) is 4.99. The molecule has 0 spiro atoms. The number of nitrogens with one attached hydrogen (secondary N) is 1. The van der Waals surface area contributed by atoms with Crippen molar-refractivity contribution in [2.75, 3.05) is 19.7 Å². The predicted octanol–water partition coefficient (Wildman–Crippen LogP) is -0.582. The molecule has 7 heteroatoms. The molecule has 1 unspecified atom stereocenters. The number of hydrogen-bond acceptors (Lipinski definition) is 4. The normalized spacial score (nSPS) is 20.2. The fourth-order valence-corrected chi connectivity index (χ4v) is 1.51.